The molecule has 0 unspecified atom stereocenters. The number of hydrogen-bond donors (Lipinski definition) is 1. The maximum absolute atomic E-state index is 12.2. The second-order valence-electron chi connectivity index (χ2n) is 4.35. The van der Waals surface area contributed by atoms with Crippen LogP contribution in [0.1, 0.15) is 11.1 Å². The maximum atomic E-state index is 12.2. The van der Waals surface area contributed by atoms with Crippen molar-refractivity contribution in [3.8, 4) is 0 Å². The van der Waals surface area contributed by atoms with E-state index >= 15 is 0 Å². The van der Waals surface area contributed by atoms with Gasteiger partial charge in [-0.15, -0.1) is 12.4 Å². The van der Waals surface area contributed by atoms with Crippen LogP contribution in [0.3, 0.4) is 0 Å². The van der Waals surface area contributed by atoms with Crippen LogP contribution in [0.5, 0.6) is 0 Å². The molecule has 2 heterocycles. The molecule has 0 aliphatic carbocycles. The summed E-state index contributed by atoms with van der Waals surface area (Å²) in [6, 6.07) is 0. The highest BCUT2D eigenvalue weighted by Crippen LogP contribution is 2.17. The number of aromatic nitrogens is 4. The fraction of sp³-hybridized carbons (Fsp3) is 0.455. The second kappa shape index (κ2) is 6.17. The molecule has 0 aromatic carbocycles. The van der Waals surface area contributed by atoms with Crippen molar-refractivity contribution in [1.29, 1.82) is 0 Å². The molecule has 112 valence electrons. The monoisotopic (exact) mass is 309 g/mol. The lowest BCUT2D eigenvalue weighted by Crippen LogP contribution is -2.17. The molecule has 2 rings (SSSR count). The molecule has 2 aromatic heterocycles. The van der Waals surface area contributed by atoms with E-state index in [0.717, 1.165) is 10.2 Å². The first-order valence-corrected chi connectivity index (χ1v) is 5.66. The summed E-state index contributed by atoms with van der Waals surface area (Å²) in [5, 5.41) is 10.9. The van der Waals surface area contributed by atoms with Crippen LogP contribution in [0.2, 0.25) is 0 Å². The summed E-state index contributed by atoms with van der Waals surface area (Å²) in [7, 11) is 1.81. The zero-order valence-electron chi connectivity index (χ0n) is 11.0. The molecule has 0 spiro atoms. The van der Waals surface area contributed by atoms with Gasteiger partial charge >= 0.3 is 6.18 Å². The van der Waals surface area contributed by atoms with E-state index in [4.69, 9.17) is 0 Å². The Hall–Kier alpha value is -1.70. The van der Waals surface area contributed by atoms with Crippen LogP contribution in [0.15, 0.2) is 18.6 Å². The van der Waals surface area contributed by atoms with Gasteiger partial charge in [-0.25, -0.2) is 0 Å². The molecule has 0 aliphatic rings. The first-order valence-electron chi connectivity index (χ1n) is 5.66. The predicted molar refractivity (Wildman–Crippen MR) is 70.8 cm³/mol. The Morgan fingerprint density at radius 3 is 2.55 bits per heavy atom. The summed E-state index contributed by atoms with van der Waals surface area (Å²) in [6.07, 6.45) is 0.388. The van der Waals surface area contributed by atoms with Crippen LogP contribution in [-0.2, 0) is 20.1 Å². The molecule has 0 aliphatic heterocycles. The number of anilines is 1. The Morgan fingerprint density at radius 2 is 2.00 bits per heavy atom. The third-order valence-corrected chi connectivity index (χ3v) is 2.50. The number of nitrogens with one attached hydrogen (secondary N) is 1. The average molecular weight is 310 g/mol. The minimum absolute atomic E-state index is 0. The number of hydrogen-bond acceptors (Lipinski definition) is 3. The fourth-order valence-corrected chi connectivity index (χ4v) is 1.74. The molecular weight excluding hydrogens is 295 g/mol. The summed E-state index contributed by atoms with van der Waals surface area (Å²) >= 11 is 0. The number of rotatable bonds is 4. The van der Waals surface area contributed by atoms with Gasteiger partial charge in [-0.1, -0.05) is 0 Å². The minimum atomic E-state index is -4.26. The minimum Gasteiger partial charge on any atom is -0.364 e. The first-order chi connectivity index (χ1) is 8.83. The molecule has 0 radical (unpaired) electrons. The lowest BCUT2D eigenvalue weighted by atomic mass is 10.3. The number of alkyl halides is 3. The van der Waals surface area contributed by atoms with Crippen LogP contribution < -0.4 is 5.32 Å². The summed E-state index contributed by atoms with van der Waals surface area (Å²) in [4.78, 5) is 0. The molecular formula is C11H15ClF3N5. The Labute approximate surface area is 120 Å². The highest BCUT2D eigenvalue weighted by atomic mass is 35.5. The summed E-state index contributed by atoms with van der Waals surface area (Å²) in [5.41, 5.74) is 1.65. The zero-order valence-corrected chi connectivity index (χ0v) is 11.8. The van der Waals surface area contributed by atoms with E-state index in [1.807, 2.05) is 13.1 Å². The Morgan fingerprint density at radius 1 is 1.30 bits per heavy atom. The SMILES string of the molecule is Cc1cn(C)nc1NCc1cnn(CC(F)(F)F)c1.Cl. The highest BCUT2D eigenvalue weighted by Gasteiger charge is 2.28. The molecule has 0 amide bonds. The molecule has 0 atom stereocenters. The van der Waals surface area contributed by atoms with E-state index in [1.165, 1.54) is 12.4 Å². The second-order valence-corrected chi connectivity index (χ2v) is 4.35. The van der Waals surface area contributed by atoms with Crippen molar-refractivity contribution < 1.29 is 13.2 Å². The Bertz CT molecular complexity index is 561. The molecule has 2 aromatic rings. The Balaban J connectivity index is 0.00000200. The van der Waals surface area contributed by atoms with Crippen molar-refractivity contribution in [2.45, 2.75) is 26.2 Å². The van der Waals surface area contributed by atoms with Crippen molar-refractivity contribution in [3.63, 3.8) is 0 Å². The molecule has 20 heavy (non-hydrogen) atoms. The van der Waals surface area contributed by atoms with Crippen LogP contribution in [0.25, 0.3) is 0 Å². The number of halogens is 4. The van der Waals surface area contributed by atoms with E-state index in [9.17, 15) is 13.2 Å². The Kier molecular flexibility index (Phi) is 5.04. The van der Waals surface area contributed by atoms with Gasteiger partial charge in [0.15, 0.2) is 5.82 Å². The predicted octanol–water partition coefficient (Wildman–Crippen LogP) is 2.52. The number of nitrogens with zero attached hydrogens (tertiary/aromatic N) is 4. The first kappa shape index (κ1) is 16.4. The van der Waals surface area contributed by atoms with Crippen molar-refractivity contribution in [1.82, 2.24) is 19.6 Å². The maximum Gasteiger partial charge on any atom is 0.408 e. The van der Waals surface area contributed by atoms with Gasteiger partial charge in [0, 0.05) is 37.1 Å². The summed E-state index contributed by atoms with van der Waals surface area (Å²) in [5.74, 6) is 0.714. The largest absolute Gasteiger partial charge is 0.408 e. The van der Waals surface area contributed by atoms with Gasteiger partial charge in [0.2, 0.25) is 0 Å². The highest BCUT2D eigenvalue weighted by molar-refractivity contribution is 5.85. The summed E-state index contributed by atoms with van der Waals surface area (Å²) < 4.78 is 39.1. The van der Waals surface area contributed by atoms with Gasteiger partial charge in [0.05, 0.1) is 6.20 Å². The molecule has 1 N–H and O–H groups in total. The van der Waals surface area contributed by atoms with Gasteiger partial charge < -0.3 is 5.32 Å². The third-order valence-electron chi connectivity index (χ3n) is 2.50. The van der Waals surface area contributed by atoms with Crippen molar-refractivity contribution in [2.24, 2.45) is 7.05 Å². The van der Waals surface area contributed by atoms with Gasteiger partial charge in [-0.05, 0) is 6.92 Å². The third kappa shape index (κ3) is 4.44. The molecule has 0 saturated carbocycles. The van der Waals surface area contributed by atoms with Gasteiger partial charge in [0.25, 0.3) is 0 Å². The van der Waals surface area contributed by atoms with Crippen LogP contribution in [0, 0.1) is 6.92 Å². The topological polar surface area (TPSA) is 47.7 Å². The summed E-state index contributed by atoms with van der Waals surface area (Å²) in [6.45, 7) is 1.22. The molecule has 5 nitrogen and oxygen atoms in total. The van der Waals surface area contributed by atoms with E-state index in [1.54, 1.807) is 11.7 Å². The normalized spacial score (nSPS) is 11.2. The molecule has 0 fully saturated rings. The van der Waals surface area contributed by atoms with E-state index in [0.29, 0.717) is 17.9 Å². The van der Waals surface area contributed by atoms with Gasteiger partial charge in [-0.2, -0.15) is 23.4 Å². The van der Waals surface area contributed by atoms with E-state index in [2.05, 4.69) is 15.5 Å². The van der Waals surface area contributed by atoms with E-state index in [-0.39, 0.29) is 12.4 Å². The van der Waals surface area contributed by atoms with Crippen molar-refractivity contribution >= 4 is 18.2 Å². The van der Waals surface area contributed by atoms with E-state index < -0.39 is 12.7 Å². The quantitative estimate of drug-likeness (QED) is 0.944. The number of aryl methyl sites for hydroxylation is 2. The van der Waals surface area contributed by atoms with Gasteiger partial charge in [0.1, 0.15) is 6.54 Å². The van der Waals surface area contributed by atoms with Gasteiger partial charge in [-0.3, -0.25) is 9.36 Å². The average Bonchev–Trinajstić information content (AvgIpc) is 2.80. The van der Waals surface area contributed by atoms with Crippen molar-refractivity contribution in [2.75, 3.05) is 5.32 Å². The van der Waals surface area contributed by atoms with Crippen LogP contribution >= 0.6 is 12.4 Å². The fourth-order valence-electron chi connectivity index (χ4n) is 1.74. The molecule has 0 bridgehead atoms. The molecule has 9 heteroatoms. The standard InChI is InChI=1S/C11H14F3N5.ClH/c1-8-5-18(2)17-10(8)15-3-9-4-16-19(6-9)7-11(12,13)14;/h4-6H,3,7H2,1-2H3,(H,15,17);1H. The van der Waals surface area contributed by atoms with Crippen LogP contribution in [0.4, 0.5) is 19.0 Å². The molecule has 0 saturated heterocycles. The van der Waals surface area contributed by atoms with Crippen molar-refractivity contribution in [3.05, 3.63) is 29.7 Å². The lowest BCUT2D eigenvalue weighted by molar-refractivity contribution is -0.142. The zero-order chi connectivity index (χ0) is 14.0. The lowest BCUT2D eigenvalue weighted by Gasteiger charge is -2.05. The van der Waals surface area contributed by atoms with Crippen LogP contribution in [-0.4, -0.2) is 25.7 Å². The smallest absolute Gasteiger partial charge is 0.364 e.